The summed E-state index contributed by atoms with van der Waals surface area (Å²) in [6.45, 7) is 4.19. The van der Waals surface area contributed by atoms with Gasteiger partial charge in [-0.15, -0.1) is 5.10 Å². The van der Waals surface area contributed by atoms with Crippen molar-refractivity contribution < 1.29 is 14.3 Å². The molecule has 3 aromatic rings. The minimum atomic E-state index is -0.271. The number of nitrogens with zero attached hydrogens (tertiary/aromatic N) is 3. The molecule has 8 heteroatoms. The van der Waals surface area contributed by atoms with Gasteiger partial charge in [-0.05, 0) is 55.7 Å². The van der Waals surface area contributed by atoms with Crippen molar-refractivity contribution in [2.75, 3.05) is 20.8 Å². The Morgan fingerprint density at radius 1 is 1.10 bits per heavy atom. The minimum absolute atomic E-state index is 0.271. The molecule has 0 aliphatic heterocycles. The lowest BCUT2D eigenvalue weighted by Gasteiger charge is -2.10. The summed E-state index contributed by atoms with van der Waals surface area (Å²) in [5, 5.41) is 11.7. The third-order valence-corrected chi connectivity index (χ3v) is 5.06. The quantitative estimate of drug-likeness (QED) is 0.639. The molecule has 2 aromatic carbocycles. The molecule has 152 valence electrons. The second kappa shape index (κ2) is 8.96. The number of amides is 1. The molecule has 3 rings (SSSR count). The first-order valence-corrected chi connectivity index (χ1v) is 9.50. The average molecular weight is 415 g/mol. The van der Waals surface area contributed by atoms with Gasteiger partial charge in [0.2, 0.25) is 0 Å². The molecule has 1 aromatic heterocycles. The third-order valence-electron chi connectivity index (χ3n) is 4.66. The number of carbonyl (C=O) groups is 1. The highest BCUT2D eigenvalue weighted by Crippen LogP contribution is 2.27. The number of aryl methyl sites for hydroxylation is 1. The van der Waals surface area contributed by atoms with Crippen LogP contribution in [0.1, 0.15) is 27.3 Å². The average Bonchev–Trinajstić information content (AvgIpc) is 3.11. The molecule has 0 radical (unpaired) electrons. The molecule has 29 heavy (non-hydrogen) atoms. The van der Waals surface area contributed by atoms with Crippen LogP contribution in [0.3, 0.4) is 0 Å². The first-order chi connectivity index (χ1) is 13.9. The van der Waals surface area contributed by atoms with Gasteiger partial charge in [-0.2, -0.15) is 0 Å². The van der Waals surface area contributed by atoms with Crippen molar-refractivity contribution in [2.24, 2.45) is 0 Å². The highest BCUT2D eigenvalue weighted by molar-refractivity contribution is 6.31. The standard InChI is InChI=1S/C21H23ClN4O3/c1-13-5-7-16(12-17(13)22)26-14(2)20(24-25-26)21(27)23-10-9-15-6-8-18(28-3)19(11-15)29-4/h5-8,11-12H,9-10H2,1-4H3,(H,23,27). The Morgan fingerprint density at radius 3 is 2.55 bits per heavy atom. The molecular weight excluding hydrogens is 392 g/mol. The zero-order valence-corrected chi connectivity index (χ0v) is 17.6. The molecule has 1 heterocycles. The van der Waals surface area contributed by atoms with E-state index in [2.05, 4.69) is 15.6 Å². The number of rotatable bonds is 7. The number of benzene rings is 2. The van der Waals surface area contributed by atoms with Crippen molar-refractivity contribution in [1.82, 2.24) is 20.3 Å². The molecule has 0 atom stereocenters. The molecule has 7 nitrogen and oxygen atoms in total. The van der Waals surface area contributed by atoms with Gasteiger partial charge in [0.05, 0.1) is 25.6 Å². The van der Waals surface area contributed by atoms with Gasteiger partial charge in [0.25, 0.3) is 5.91 Å². The van der Waals surface area contributed by atoms with E-state index < -0.39 is 0 Å². The highest BCUT2D eigenvalue weighted by Gasteiger charge is 2.17. The van der Waals surface area contributed by atoms with E-state index in [1.807, 2.05) is 37.3 Å². The zero-order chi connectivity index (χ0) is 21.0. The lowest BCUT2D eigenvalue weighted by molar-refractivity contribution is 0.0948. The predicted octanol–water partition coefficient (Wildman–Crippen LogP) is 3.53. The van der Waals surface area contributed by atoms with Crippen LogP contribution in [0.5, 0.6) is 11.5 Å². The first-order valence-electron chi connectivity index (χ1n) is 9.12. The Bertz CT molecular complexity index is 1030. The van der Waals surface area contributed by atoms with Gasteiger partial charge < -0.3 is 14.8 Å². The molecule has 0 saturated carbocycles. The van der Waals surface area contributed by atoms with Crippen molar-refractivity contribution in [3.8, 4) is 17.2 Å². The molecule has 0 aliphatic rings. The van der Waals surface area contributed by atoms with Crippen LogP contribution in [0.25, 0.3) is 5.69 Å². The van der Waals surface area contributed by atoms with Crippen LogP contribution in [0.4, 0.5) is 0 Å². The monoisotopic (exact) mass is 414 g/mol. The number of ether oxygens (including phenoxy) is 2. The smallest absolute Gasteiger partial charge is 0.273 e. The largest absolute Gasteiger partial charge is 0.493 e. The summed E-state index contributed by atoms with van der Waals surface area (Å²) in [7, 11) is 3.19. The molecule has 0 aliphatic carbocycles. The molecule has 0 fully saturated rings. The molecule has 0 saturated heterocycles. The number of hydrogen-bond donors (Lipinski definition) is 1. The van der Waals surface area contributed by atoms with Crippen LogP contribution in [0.15, 0.2) is 36.4 Å². The topological polar surface area (TPSA) is 78.3 Å². The lowest BCUT2D eigenvalue weighted by atomic mass is 10.1. The Balaban J connectivity index is 1.66. The number of hydrogen-bond acceptors (Lipinski definition) is 5. The second-order valence-electron chi connectivity index (χ2n) is 6.56. The summed E-state index contributed by atoms with van der Waals surface area (Å²) in [5.74, 6) is 1.06. The van der Waals surface area contributed by atoms with Gasteiger partial charge >= 0.3 is 0 Å². The fraction of sp³-hybridized carbons (Fsp3) is 0.286. The fourth-order valence-electron chi connectivity index (χ4n) is 2.94. The summed E-state index contributed by atoms with van der Waals surface area (Å²) in [4.78, 5) is 12.5. The molecular formula is C21H23ClN4O3. The normalized spacial score (nSPS) is 10.7. The molecule has 0 bridgehead atoms. The molecule has 0 unspecified atom stereocenters. The van der Waals surface area contributed by atoms with Crippen LogP contribution in [-0.4, -0.2) is 41.7 Å². The maximum absolute atomic E-state index is 12.5. The van der Waals surface area contributed by atoms with E-state index in [-0.39, 0.29) is 11.6 Å². The first kappa shape index (κ1) is 20.7. The molecule has 1 amide bonds. The van der Waals surface area contributed by atoms with Crippen LogP contribution < -0.4 is 14.8 Å². The van der Waals surface area contributed by atoms with E-state index in [0.29, 0.717) is 35.2 Å². The van der Waals surface area contributed by atoms with Crippen LogP contribution in [0, 0.1) is 13.8 Å². The number of carbonyl (C=O) groups excluding carboxylic acids is 1. The van der Waals surface area contributed by atoms with Gasteiger partial charge in [0, 0.05) is 11.6 Å². The van der Waals surface area contributed by atoms with E-state index in [9.17, 15) is 4.79 Å². The number of halogens is 1. The Labute approximate surface area is 174 Å². The van der Waals surface area contributed by atoms with Crippen LogP contribution in [0.2, 0.25) is 5.02 Å². The maximum atomic E-state index is 12.5. The number of aromatic nitrogens is 3. The summed E-state index contributed by atoms with van der Waals surface area (Å²) in [6.07, 6.45) is 0.646. The van der Waals surface area contributed by atoms with Gasteiger partial charge in [0.15, 0.2) is 17.2 Å². The number of methoxy groups -OCH3 is 2. The Hall–Kier alpha value is -3.06. The van der Waals surface area contributed by atoms with Gasteiger partial charge in [0.1, 0.15) is 0 Å². The van der Waals surface area contributed by atoms with Crippen LogP contribution in [-0.2, 0) is 6.42 Å². The van der Waals surface area contributed by atoms with E-state index >= 15 is 0 Å². The summed E-state index contributed by atoms with van der Waals surface area (Å²) in [5.41, 5.74) is 3.69. The van der Waals surface area contributed by atoms with Crippen molar-refractivity contribution in [1.29, 1.82) is 0 Å². The molecule has 1 N–H and O–H groups in total. The highest BCUT2D eigenvalue weighted by atomic mass is 35.5. The summed E-state index contributed by atoms with van der Waals surface area (Å²) < 4.78 is 12.1. The minimum Gasteiger partial charge on any atom is -0.493 e. The number of nitrogens with one attached hydrogen (secondary N) is 1. The maximum Gasteiger partial charge on any atom is 0.273 e. The summed E-state index contributed by atoms with van der Waals surface area (Å²) >= 11 is 6.20. The lowest BCUT2D eigenvalue weighted by Crippen LogP contribution is -2.26. The Morgan fingerprint density at radius 2 is 1.86 bits per heavy atom. The summed E-state index contributed by atoms with van der Waals surface area (Å²) in [6, 6.07) is 11.3. The SMILES string of the molecule is COc1ccc(CCNC(=O)c2nnn(-c3ccc(C)c(Cl)c3)c2C)cc1OC. The predicted molar refractivity (Wildman–Crippen MR) is 111 cm³/mol. The van der Waals surface area contributed by atoms with Gasteiger partial charge in [-0.1, -0.05) is 28.9 Å². The van der Waals surface area contributed by atoms with E-state index in [0.717, 1.165) is 16.8 Å². The van der Waals surface area contributed by atoms with E-state index in [4.69, 9.17) is 21.1 Å². The van der Waals surface area contributed by atoms with Crippen molar-refractivity contribution in [3.05, 3.63) is 63.9 Å². The Kier molecular flexibility index (Phi) is 6.39. The second-order valence-corrected chi connectivity index (χ2v) is 6.97. The van der Waals surface area contributed by atoms with E-state index in [1.54, 1.807) is 31.9 Å². The fourth-order valence-corrected chi connectivity index (χ4v) is 3.11. The van der Waals surface area contributed by atoms with Crippen molar-refractivity contribution >= 4 is 17.5 Å². The molecule has 0 spiro atoms. The zero-order valence-electron chi connectivity index (χ0n) is 16.8. The van der Waals surface area contributed by atoms with E-state index in [1.165, 1.54) is 0 Å². The van der Waals surface area contributed by atoms with Crippen molar-refractivity contribution in [2.45, 2.75) is 20.3 Å². The third kappa shape index (κ3) is 4.51. The van der Waals surface area contributed by atoms with Gasteiger partial charge in [-0.25, -0.2) is 4.68 Å². The van der Waals surface area contributed by atoms with Crippen LogP contribution >= 0.6 is 11.6 Å². The van der Waals surface area contributed by atoms with Crippen molar-refractivity contribution in [3.63, 3.8) is 0 Å². The van der Waals surface area contributed by atoms with Gasteiger partial charge in [-0.3, -0.25) is 4.79 Å².